The number of piperazine rings is 1. The van der Waals surface area contributed by atoms with Crippen molar-refractivity contribution >= 4 is 5.91 Å². The van der Waals surface area contributed by atoms with Crippen LogP contribution in [0.25, 0.3) is 0 Å². The second-order valence-corrected chi connectivity index (χ2v) is 7.32. The van der Waals surface area contributed by atoms with Gasteiger partial charge in [0, 0.05) is 32.2 Å². The summed E-state index contributed by atoms with van der Waals surface area (Å²) < 4.78 is 40.6. The largest absolute Gasteiger partial charge is 0.336 e. The summed E-state index contributed by atoms with van der Waals surface area (Å²) in [6, 6.07) is 19.3. The molecule has 0 saturated carbocycles. The maximum absolute atomic E-state index is 14.0. The van der Waals surface area contributed by atoms with Crippen LogP contribution in [0.1, 0.15) is 27.5 Å². The number of carbonyl (C=O) groups is 1. The minimum Gasteiger partial charge on any atom is -0.336 e. The van der Waals surface area contributed by atoms with E-state index in [1.807, 2.05) is 30.3 Å². The molecule has 1 heterocycles. The lowest BCUT2D eigenvalue weighted by molar-refractivity contribution is 0.0593. The number of halogens is 3. The molecule has 3 aromatic rings. The Bertz CT molecular complexity index is 1020. The maximum Gasteiger partial charge on any atom is 0.256 e. The lowest BCUT2D eigenvalue weighted by Crippen LogP contribution is -2.50. The molecule has 4 rings (SSSR count). The molecule has 0 radical (unpaired) electrons. The molecule has 0 N–H and O–H groups in total. The summed E-state index contributed by atoms with van der Waals surface area (Å²) in [4.78, 5) is 16.5. The molecule has 1 saturated heterocycles. The molecule has 1 amide bonds. The third-order valence-corrected chi connectivity index (χ3v) is 5.43. The van der Waals surface area contributed by atoms with Gasteiger partial charge in [0.2, 0.25) is 0 Å². The summed E-state index contributed by atoms with van der Waals surface area (Å²) in [6.45, 7) is 1.98. The van der Waals surface area contributed by atoms with E-state index >= 15 is 0 Å². The highest BCUT2D eigenvalue weighted by atomic mass is 19.1. The van der Waals surface area contributed by atoms with Crippen molar-refractivity contribution in [3.8, 4) is 0 Å². The average Bonchev–Trinajstić information content (AvgIpc) is 2.76. The summed E-state index contributed by atoms with van der Waals surface area (Å²) in [5.41, 5.74) is 1.92. The van der Waals surface area contributed by atoms with Crippen molar-refractivity contribution in [2.24, 2.45) is 0 Å². The van der Waals surface area contributed by atoms with E-state index in [4.69, 9.17) is 0 Å². The van der Waals surface area contributed by atoms with E-state index in [0.29, 0.717) is 26.2 Å². The van der Waals surface area contributed by atoms with Crippen LogP contribution in [-0.4, -0.2) is 41.9 Å². The summed E-state index contributed by atoms with van der Waals surface area (Å²) in [6.07, 6.45) is 0. The third kappa shape index (κ3) is 4.24. The molecule has 154 valence electrons. The van der Waals surface area contributed by atoms with Crippen LogP contribution in [0.3, 0.4) is 0 Å². The SMILES string of the molecule is O=C(c1ccc(F)cc1F)N1CCN(C(c2ccccc2)c2ccc(F)cc2)CC1. The minimum atomic E-state index is -0.851. The van der Waals surface area contributed by atoms with Crippen molar-refractivity contribution in [3.63, 3.8) is 0 Å². The zero-order valence-electron chi connectivity index (χ0n) is 16.3. The fourth-order valence-electron chi connectivity index (χ4n) is 3.91. The molecule has 0 aliphatic carbocycles. The smallest absolute Gasteiger partial charge is 0.256 e. The fraction of sp³-hybridized carbons (Fsp3) is 0.208. The molecule has 3 nitrogen and oxygen atoms in total. The van der Waals surface area contributed by atoms with Crippen molar-refractivity contribution in [3.05, 3.63) is 107 Å². The highest BCUT2D eigenvalue weighted by molar-refractivity contribution is 5.94. The monoisotopic (exact) mass is 410 g/mol. The van der Waals surface area contributed by atoms with Gasteiger partial charge < -0.3 is 4.90 Å². The number of carbonyl (C=O) groups excluding carboxylic acids is 1. The van der Waals surface area contributed by atoms with Crippen LogP contribution < -0.4 is 0 Å². The minimum absolute atomic E-state index is 0.0772. The van der Waals surface area contributed by atoms with Gasteiger partial charge in [-0.3, -0.25) is 9.69 Å². The molecular weight excluding hydrogens is 389 g/mol. The molecule has 30 heavy (non-hydrogen) atoms. The summed E-state index contributed by atoms with van der Waals surface area (Å²) >= 11 is 0. The van der Waals surface area contributed by atoms with Crippen LogP contribution in [0.4, 0.5) is 13.2 Å². The standard InChI is InChI=1S/C24H21F3N2O/c25-19-8-6-18(7-9-19)23(17-4-2-1-3-5-17)28-12-14-29(15-13-28)24(30)21-11-10-20(26)16-22(21)27/h1-11,16,23H,12-15H2. The highest BCUT2D eigenvalue weighted by Gasteiger charge is 2.29. The second kappa shape index (κ2) is 8.71. The van der Waals surface area contributed by atoms with Crippen LogP contribution in [0.15, 0.2) is 72.8 Å². The molecule has 0 bridgehead atoms. The van der Waals surface area contributed by atoms with Gasteiger partial charge in [-0.05, 0) is 35.4 Å². The molecule has 3 aromatic carbocycles. The fourth-order valence-corrected chi connectivity index (χ4v) is 3.91. The van der Waals surface area contributed by atoms with Crippen molar-refractivity contribution in [2.45, 2.75) is 6.04 Å². The Balaban J connectivity index is 1.53. The highest BCUT2D eigenvalue weighted by Crippen LogP contribution is 2.30. The Morgan fingerprint density at radius 1 is 0.733 bits per heavy atom. The van der Waals surface area contributed by atoms with Gasteiger partial charge in [-0.15, -0.1) is 0 Å². The van der Waals surface area contributed by atoms with Crippen molar-refractivity contribution in [2.75, 3.05) is 26.2 Å². The molecule has 1 aliphatic rings. The molecule has 0 spiro atoms. The Morgan fingerprint density at radius 2 is 1.33 bits per heavy atom. The van der Waals surface area contributed by atoms with Crippen molar-refractivity contribution in [1.82, 2.24) is 9.80 Å². The number of nitrogens with zero attached hydrogens (tertiary/aromatic N) is 2. The maximum atomic E-state index is 14.0. The van der Waals surface area contributed by atoms with Crippen molar-refractivity contribution < 1.29 is 18.0 Å². The topological polar surface area (TPSA) is 23.6 Å². The molecule has 0 aromatic heterocycles. The van der Waals surface area contributed by atoms with Gasteiger partial charge in [0.05, 0.1) is 11.6 Å². The number of amides is 1. The number of rotatable bonds is 4. The quantitative estimate of drug-likeness (QED) is 0.625. The molecule has 1 fully saturated rings. The first kappa shape index (κ1) is 20.2. The molecular formula is C24H21F3N2O. The van der Waals surface area contributed by atoms with E-state index in [1.165, 1.54) is 18.2 Å². The average molecular weight is 410 g/mol. The van der Waals surface area contributed by atoms with E-state index in [0.717, 1.165) is 23.3 Å². The summed E-state index contributed by atoms with van der Waals surface area (Å²) in [7, 11) is 0. The van der Waals surface area contributed by atoms with E-state index in [9.17, 15) is 18.0 Å². The molecule has 1 atom stereocenters. The number of hydrogen-bond acceptors (Lipinski definition) is 2. The summed E-state index contributed by atoms with van der Waals surface area (Å²) in [5, 5.41) is 0. The lowest BCUT2D eigenvalue weighted by Gasteiger charge is -2.39. The van der Waals surface area contributed by atoms with E-state index < -0.39 is 17.5 Å². The van der Waals surface area contributed by atoms with E-state index in [1.54, 1.807) is 17.0 Å². The zero-order chi connectivity index (χ0) is 21.1. The van der Waals surface area contributed by atoms with Crippen LogP contribution in [0.2, 0.25) is 0 Å². The molecule has 1 unspecified atom stereocenters. The van der Waals surface area contributed by atoms with Gasteiger partial charge in [0.1, 0.15) is 17.5 Å². The van der Waals surface area contributed by atoms with Gasteiger partial charge in [-0.25, -0.2) is 13.2 Å². The predicted octanol–water partition coefficient (Wildman–Crippen LogP) is 4.65. The van der Waals surface area contributed by atoms with Crippen LogP contribution in [0.5, 0.6) is 0 Å². The first-order valence-electron chi connectivity index (χ1n) is 9.82. The van der Waals surface area contributed by atoms with Gasteiger partial charge in [-0.1, -0.05) is 42.5 Å². The second-order valence-electron chi connectivity index (χ2n) is 7.32. The Kier molecular flexibility index (Phi) is 5.86. The van der Waals surface area contributed by atoms with Gasteiger partial charge in [-0.2, -0.15) is 0 Å². The first-order valence-corrected chi connectivity index (χ1v) is 9.82. The summed E-state index contributed by atoms with van der Waals surface area (Å²) in [5.74, 6) is -2.29. The number of hydrogen-bond donors (Lipinski definition) is 0. The van der Waals surface area contributed by atoms with Crippen LogP contribution in [0, 0.1) is 17.5 Å². The normalized spacial score (nSPS) is 15.8. The lowest BCUT2D eigenvalue weighted by atomic mass is 9.96. The Morgan fingerprint density at radius 3 is 1.97 bits per heavy atom. The van der Waals surface area contributed by atoms with Crippen molar-refractivity contribution in [1.29, 1.82) is 0 Å². The van der Waals surface area contributed by atoms with E-state index in [-0.39, 0.29) is 17.4 Å². The van der Waals surface area contributed by atoms with Crippen LogP contribution in [-0.2, 0) is 0 Å². The number of benzene rings is 3. The first-order chi connectivity index (χ1) is 14.5. The molecule has 1 aliphatic heterocycles. The molecule has 6 heteroatoms. The van der Waals surface area contributed by atoms with Gasteiger partial charge in [0.15, 0.2) is 0 Å². The van der Waals surface area contributed by atoms with Gasteiger partial charge >= 0.3 is 0 Å². The van der Waals surface area contributed by atoms with Gasteiger partial charge in [0.25, 0.3) is 5.91 Å². The predicted molar refractivity (Wildman–Crippen MR) is 109 cm³/mol. The Labute approximate surface area is 173 Å². The third-order valence-electron chi connectivity index (χ3n) is 5.43. The van der Waals surface area contributed by atoms with E-state index in [2.05, 4.69) is 4.90 Å². The van der Waals surface area contributed by atoms with Crippen LogP contribution >= 0.6 is 0 Å². The zero-order valence-corrected chi connectivity index (χ0v) is 16.3. The Hall–Kier alpha value is -3.12.